The van der Waals surface area contributed by atoms with Crippen molar-refractivity contribution in [1.29, 1.82) is 0 Å². The summed E-state index contributed by atoms with van der Waals surface area (Å²) in [5.74, 6) is 2.50. The van der Waals surface area contributed by atoms with Crippen molar-refractivity contribution in [2.75, 3.05) is 26.3 Å². The second-order valence-electron chi connectivity index (χ2n) is 8.53. The Morgan fingerprint density at radius 3 is 2.30 bits per heavy atom. The van der Waals surface area contributed by atoms with E-state index in [4.69, 9.17) is 9.47 Å². The van der Waals surface area contributed by atoms with E-state index in [0.29, 0.717) is 30.7 Å². The van der Waals surface area contributed by atoms with E-state index in [0.717, 1.165) is 49.4 Å². The molecule has 2 aliphatic rings. The third kappa shape index (κ3) is 4.70. The zero-order valence-electron chi connectivity index (χ0n) is 18.2. The van der Waals surface area contributed by atoms with Gasteiger partial charge in [-0.2, -0.15) is 0 Å². The minimum atomic E-state index is 0.108. The molecule has 1 fully saturated rings. The quantitative estimate of drug-likeness (QED) is 0.607. The number of ketones is 1. The lowest BCUT2D eigenvalue weighted by Gasteiger charge is -2.32. The van der Waals surface area contributed by atoms with Crippen molar-refractivity contribution >= 4 is 5.78 Å². The lowest BCUT2D eigenvalue weighted by atomic mass is 9.85. The van der Waals surface area contributed by atoms with Crippen LogP contribution in [0.15, 0.2) is 42.5 Å². The van der Waals surface area contributed by atoms with Crippen molar-refractivity contribution in [3.63, 3.8) is 0 Å². The van der Waals surface area contributed by atoms with Crippen molar-refractivity contribution in [2.24, 2.45) is 11.8 Å². The van der Waals surface area contributed by atoms with Crippen LogP contribution in [-0.2, 0) is 13.0 Å². The first-order valence-corrected chi connectivity index (χ1v) is 11.4. The van der Waals surface area contributed by atoms with Gasteiger partial charge in [-0.05, 0) is 81.8 Å². The summed E-state index contributed by atoms with van der Waals surface area (Å²) in [6.45, 7) is 8.36. The van der Waals surface area contributed by atoms with E-state index in [1.807, 2.05) is 26.0 Å². The Morgan fingerprint density at radius 1 is 0.967 bits per heavy atom. The second-order valence-corrected chi connectivity index (χ2v) is 8.53. The molecule has 1 atom stereocenters. The molecular formula is C26H33NO3. The van der Waals surface area contributed by atoms with Crippen LogP contribution in [0.3, 0.4) is 0 Å². The van der Waals surface area contributed by atoms with Gasteiger partial charge in [-0.15, -0.1) is 0 Å². The summed E-state index contributed by atoms with van der Waals surface area (Å²) in [5, 5.41) is 0. The fourth-order valence-corrected chi connectivity index (χ4v) is 4.93. The first kappa shape index (κ1) is 20.9. The third-order valence-electron chi connectivity index (χ3n) is 6.45. The summed E-state index contributed by atoms with van der Waals surface area (Å²) in [6, 6.07) is 14.6. The van der Waals surface area contributed by atoms with Crippen LogP contribution in [0, 0.1) is 11.8 Å². The maximum atomic E-state index is 13.1. The molecule has 4 nitrogen and oxygen atoms in total. The van der Waals surface area contributed by atoms with Crippen LogP contribution in [0.25, 0.3) is 0 Å². The van der Waals surface area contributed by atoms with Gasteiger partial charge >= 0.3 is 0 Å². The van der Waals surface area contributed by atoms with Crippen LogP contribution < -0.4 is 9.47 Å². The van der Waals surface area contributed by atoms with Gasteiger partial charge in [-0.25, -0.2) is 0 Å². The molecule has 0 radical (unpaired) electrons. The van der Waals surface area contributed by atoms with Crippen molar-refractivity contribution < 1.29 is 14.3 Å². The van der Waals surface area contributed by atoms with Crippen molar-refractivity contribution in [1.82, 2.24) is 4.90 Å². The van der Waals surface area contributed by atoms with Crippen LogP contribution in [0.1, 0.15) is 54.6 Å². The molecule has 1 aliphatic carbocycles. The number of piperidine rings is 1. The Kier molecular flexibility index (Phi) is 6.73. The van der Waals surface area contributed by atoms with Crippen molar-refractivity contribution in [2.45, 2.75) is 46.1 Å². The van der Waals surface area contributed by atoms with Gasteiger partial charge in [0.2, 0.25) is 0 Å². The van der Waals surface area contributed by atoms with Gasteiger partial charge in [0.1, 0.15) is 0 Å². The topological polar surface area (TPSA) is 38.8 Å². The van der Waals surface area contributed by atoms with Gasteiger partial charge in [0, 0.05) is 18.0 Å². The second kappa shape index (κ2) is 9.65. The first-order chi connectivity index (χ1) is 14.7. The summed E-state index contributed by atoms with van der Waals surface area (Å²) in [5.41, 5.74) is 3.35. The van der Waals surface area contributed by atoms with E-state index in [2.05, 4.69) is 35.2 Å². The number of carbonyl (C=O) groups is 1. The summed E-state index contributed by atoms with van der Waals surface area (Å²) >= 11 is 0. The predicted octanol–water partition coefficient (Wildman–Crippen LogP) is 5.14. The molecule has 160 valence electrons. The number of hydrogen-bond acceptors (Lipinski definition) is 4. The van der Waals surface area contributed by atoms with Crippen molar-refractivity contribution in [3.8, 4) is 11.5 Å². The molecule has 2 aromatic rings. The number of hydrogen-bond donors (Lipinski definition) is 0. The molecule has 2 aromatic carbocycles. The van der Waals surface area contributed by atoms with Gasteiger partial charge < -0.3 is 9.47 Å². The zero-order chi connectivity index (χ0) is 20.9. The lowest BCUT2D eigenvalue weighted by molar-refractivity contribution is 0.0895. The van der Waals surface area contributed by atoms with Crippen LogP contribution in [-0.4, -0.2) is 37.0 Å². The number of carbonyl (C=O) groups excluding carboxylic acids is 1. The SMILES string of the molecule is CCOc1cc2c(cc1OCC)C(=O)C(CC1CCN(Cc3ccccc3)CC1)C2. The van der Waals surface area contributed by atoms with E-state index >= 15 is 0 Å². The Bertz CT molecular complexity index is 856. The van der Waals surface area contributed by atoms with Gasteiger partial charge in [0.05, 0.1) is 13.2 Å². The molecule has 4 rings (SSSR count). The largest absolute Gasteiger partial charge is 0.490 e. The molecule has 1 heterocycles. The monoisotopic (exact) mass is 407 g/mol. The summed E-state index contributed by atoms with van der Waals surface area (Å²) in [4.78, 5) is 15.6. The van der Waals surface area contributed by atoms with Gasteiger partial charge in [0.15, 0.2) is 17.3 Å². The molecule has 0 aromatic heterocycles. The lowest BCUT2D eigenvalue weighted by Crippen LogP contribution is -2.34. The van der Waals surface area contributed by atoms with Crippen LogP contribution in [0.4, 0.5) is 0 Å². The normalized spacial score (nSPS) is 19.7. The Hall–Kier alpha value is -2.33. The molecule has 4 heteroatoms. The average molecular weight is 408 g/mol. The van der Waals surface area contributed by atoms with Crippen LogP contribution in [0.5, 0.6) is 11.5 Å². The predicted molar refractivity (Wildman–Crippen MR) is 119 cm³/mol. The highest BCUT2D eigenvalue weighted by Crippen LogP contribution is 2.40. The van der Waals surface area contributed by atoms with Gasteiger partial charge in [0.25, 0.3) is 0 Å². The Balaban J connectivity index is 1.35. The molecule has 0 N–H and O–H groups in total. The van der Waals surface area contributed by atoms with Crippen LogP contribution >= 0.6 is 0 Å². The average Bonchev–Trinajstić information content (AvgIpc) is 3.05. The molecule has 1 aliphatic heterocycles. The number of Topliss-reactive ketones (excluding diaryl/α,β-unsaturated/α-hetero) is 1. The van der Waals surface area contributed by atoms with Gasteiger partial charge in [-0.3, -0.25) is 9.69 Å². The van der Waals surface area contributed by atoms with E-state index in [-0.39, 0.29) is 5.92 Å². The Morgan fingerprint density at radius 2 is 1.63 bits per heavy atom. The minimum Gasteiger partial charge on any atom is -0.490 e. The standard InChI is InChI=1S/C26H33NO3/c1-3-29-24-16-21-15-22(26(28)23(21)17-25(24)30-4-2)14-19-10-12-27(13-11-19)18-20-8-6-5-7-9-20/h5-9,16-17,19,22H,3-4,10-15,18H2,1-2H3. The molecule has 0 bridgehead atoms. The summed E-state index contributed by atoms with van der Waals surface area (Å²) in [6.07, 6.45) is 4.20. The van der Waals surface area contributed by atoms with E-state index in [9.17, 15) is 4.79 Å². The zero-order valence-corrected chi connectivity index (χ0v) is 18.2. The molecule has 1 unspecified atom stereocenters. The number of ether oxygens (including phenoxy) is 2. The van der Waals surface area contributed by atoms with E-state index in [1.165, 1.54) is 18.4 Å². The number of benzene rings is 2. The van der Waals surface area contributed by atoms with Crippen LogP contribution in [0.2, 0.25) is 0 Å². The minimum absolute atomic E-state index is 0.108. The molecule has 0 saturated carbocycles. The fraction of sp³-hybridized carbons (Fsp3) is 0.500. The molecular weight excluding hydrogens is 374 g/mol. The highest BCUT2D eigenvalue weighted by atomic mass is 16.5. The summed E-state index contributed by atoms with van der Waals surface area (Å²) < 4.78 is 11.5. The van der Waals surface area contributed by atoms with Crippen molar-refractivity contribution in [3.05, 3.63) is 59.2 Å². The fourth-order valence-electron chi connectivity index (χ4n) is 4.93. The smallest absolute Gasteiger partial charge is 0.166 e. The molecule has 1 saturated heterocycles. The third-order valence-corrected chi connectivity index (χ3v) is 6.45. The first-order valence-electron chi connectivity index (χ1n) is 11.4. The van der Waals surface area contributed by atoms with E-state index < -0.39 is 0 Å². The number of rotatable bonds is 8. The van der Waals surface area contributed by atoms with Gasteiger partial charge in [-0.1, -0.05) is 30.3 Å². The maximum Gasteiger partial charge on any atom is 0.166 e. The maximum absolute atomic E-state index is 13.1. The number of fused-ring (bicyclic) bond motifs is 1. The molecule has 0 spiro atoms. The molecule has 0 amide bonds. The summed E-state index contributed by atoms with van der Waals surface area (Å²) in [7, 11) is 0. The number of likely N-dealkylation sites (tertiary alicyclic amines) is 1. The van der Waals surface area contributed by atoms with E-state index in [1.54, 1.807) is 0 Å². The highest BCUT2D eigenvalue weighted by Gasteiger charge is 2.34. The molecule has 30 heavy (non-hydrogen) atoms. The highest BCUT2D eigenvalue weighted by molar-refractivity contribution is 6.02. The Labute approximate surface area is 180 Å². The number of nitrogens with zero attached hydrogens (tertiary/aromatic N) is 1.